The molecule has 0 aromatic rings. The highest BCUT2D eigenvalue weighted by molar-refractivity contribution is 5.92. The summed E-state index contributed by atoms with van der Waals surface area (Å²) in [5.74, 6) is 0.385. The lowest BCUT2D eigenvalue weighted by Crippen LogP contribution is -2.58. The molecule has 5 heteroatoms. The van der Waals surface area contributed by atoms with E-state index >= 15 is 0 Å². The van der Waals surface area contributed by atoms with E-state index in [1.807, 2.05) is 0 Å². The number of epoxide rings is 2. The second-order valence-electron chi connectivity index (χ2n) is 9.21. The van der Waals surface area contributed by atoms with Crippen molar-refractivity contribution in [3.63, 3.8) is 0 Å². The molecule has 3 aliphatic heterocycles. The molecule has 0 unspecified atom stereocenters. The van der Waals surface area contributed by atoms with Crippen LogP contribution in [0.1, 0.15) is 40.0 Å². The second-order valence-corrected chi connectivity index (χ2v) is 9.21. The number of carbonyl (C=O) groups excluding carboxylic acids is 1. The van der Waals surface area contributed by atoms with Gasteiger partial charge in [-0.25, -0.2) is 4.79 Å². The van der Waals surface area contributed by atoms with Gasteiger partial charge in [-0.3, -0.25) is 0 Å². The minimum Gasteiger partial charge on any atom is -0.458 e. The third kappa shape index (κ3) is 1.41. The Kier molecular flexibility index (Phi) is 2.42. The molecule has 1 N–H and O–H groups in total. The molecular formula is C20H24O5. The van der Waals surface area contributed by atoms with Crippen molar-refractivity contribution in [2.24, 2.45) is 17.3 Å². The Morgan fingerprint density at radius 3 is 2.88 bits per heavy atom. The minimum absolute atomic E-state index is 0.0135. The highest BCUT2D eigenvalue weighted by atomic mass is 16.7. The van der Waals surface area contributed by atoms with Gasteiger partial charge in [-0.2, -0.15) is 0 Å². The smallest absolute Gasteiger partial charge is 0.334 e. The lowest BCUT2D eigenvalue weighted by Gasteiger charge is -2.50. The molecule has 0 amide bonds. The Morgan fingerprint density at radius 1 is 1.32 bits per heavy atom. The van der Waals surface area contributed by atoms with Gasteiger partial charge in [-0.15, -0.1) is 0 Å². The van der Waals surface area contributed by atoms with Crippen molar-refractivity contribution in [1.29, 1.82) is 0 Å². The van der Waals surface area contributed by atoms with Crippen LogP contribution in [0, 0.1) is 17.3 Å². The van der Waals surface area contributed by atoms with Gasteiger partial charge in [-0.1, -0.05) is 26.8 Å². The van der Waals surface area contributed by atoms with Gasteiger partial charge in [0, 0.05) is 5.57 Å². The van der Waals surface area contributed by atoms with Crippen molar-refractivity contribution in [3.05, 3.63) is 22.8 Å². The van der Waals surface area contributed by atoms with E-state index in [4.69, 9.17) is 14.2 Å². The van der Waals surface area contributed by atoms with Gasteiger partial charge in [0.15, 0.2) is 0 Å². The maximum Gasteiger partial charge on any atom is 0.334 e. The van der Waals surface area contributed by atoms with Crippen molar-refractivity contribution < 1.29 is 24.1 Å². The summed E-state index contributed by atoms with van der Waals surface area (Å²) in [6, 6.07) is 0. The van der Waals surface area contributed by atoms with Crippen LogP contribution in [0.5, 0.6) is 0 Å². The van der Waals surface area contributed by atoms with Crippen molar-refractivity contribution in [2.75, 3.05) is 6.61 Å². The van der Waals surface area contributed by atoms with Gasteiger partial charge in [0.25, 0.3) is 0 Å². The summed E-state index contributed by atoms with van der Waals surface area (Å²) < 4.78 is 17.6. The van der Waals surface area contributed by atoms with Crippen molar-refractivity contribution in [3.8, 4) is 0 Å². The van der Waals surface area contributed by atoms with Crippen molar-refractivity contribution >= 4 is 5.97 Å². The van der Waals surface area contributed by atoms with Crippen LogP contribution in [0.15, 0.2) is 22.8 Å². The first-order valence-electron chi connectivity index (χ1n) is 9.51. The van der Waals surface area contributed by atoms with Crippen LogP contribution >= 0.6 is 0 Å². The van der Waals surface area contributed by atoms with Gasteiger partial charge < -0.3 is 19.3 Å². The molecule has 134 valence electrons. The van der Waals surface area contributed by atoms with Crippen LogP contribution in [-0.2, 0) is 19.0 Å². The molecule has 3 aliphatic carbocycles. The Balaban J connectivity index is 1.49. The monoisotopic (exact) mass is 344 g/mol. The molecule has 3 fully saturated rings. The van der Waals surface area contributed by atoms with Crippen LogP contribution in [0.3, 0.4) is 0 Å². The van der Waals surface area contributed by atoms with Gasteiger partial charge in [0.2, 0.25) is 0 Å². The molecule has 25 heavy (non-hydrogen) atoms. The third-order valence-corrected chi connectivity index (χ3v) is 8.09. The van der Waals surface area contributed by atoms with Crippen LogP contribution < -0.4 is 0 Å². The number of cyclic esters (lactones) is 1. The lowest BCUT2D eigenvalue weighted by molar-refractivity contribution is -0.136. The highest BCUT2D eigenvalue weighted by Crippen LogP contribution is 2.72. The summed E-state index contributed by atoms with van der Waals surface area (Å²) in [4.78, 5) is 12.0. The zero-order chi connectivity index (χ0) is 17.4. The SMILES string of the molecule is CC(C)[C@@]12O[C@@H]1C=C1[C@]3(O[C@@H]3C[C@@H]3C4=C(CC[C@]13C)C(=O)OC4)[C@@H]2O. The Morgan fingerprint density at radius 2 is 2.12 bits per heavy atom. The molecule has 2 saturated heterocycles. The highest BCUT2D eigenvalue weighted by Gasteiger charge is 2.82. The van der Waals surface area contributed by atoms with Crippen LogP contribution in [0.4, 0.5) is 0 Å². The Labute approximate surface area is 147 Å². The number of fused-ring (bicyclic) bond motifs is 4. The van der Waals surface area contributed by atoms with Gasteiger partial charge in [0.1, 0.15) is 30.0 Å². The molecule has 1 spiro atoms. The number of aliphatic hydroxyl groups excluding tert-OH is 1. The van der Waals surface area contributed by atoms with E-state index in [1.54, 1.807) is 0 Å². The predicted molar refractivity (Wildman–Crippen MR) is 87.6 cm³/mol. The van der Waals surface area contributed by atoms with E-state index in [2.05, 4.69) is 26.8 Å². The first kappa shape index (κ1) is 14.9. The maximum absolute atomic E-state index is 12.0. The molecule has 0 aromatic heterocycles. The molecule has 6 aliphatic rings. The van der Waals surface area contributed by atoms with Crippen LogP contribution in [-0.4, -0.2) is 47.2 Å². The number of ether oxygens (including phenoxy) is 3. The lowest BCUT2D eigenvalue weighted by atomic mass is 9.51. The van der Waals surface area contributed by atoms with E-state index in [1.165, 1.54) is 11.1 Å². The first-order valence-corrected chi connectivity index (χ1v) is 9.51. The van der Waals surface area contributed by atoms with Gasteiger partial charge in [-0.05, 0) is 47.7 Å². The number of hydrogen-bond donors (Lipinski definition) is 1. The second kappa shape index (κ2) is 4.05. The van der Waals surface area contributed by atoms with E-state index in [9.17, 15) is 9.90 Å². The number of esters is 1. The zero-order valence-electron chi connectivity index (χ0n) is 14.9. The van der Waals surface area contributed by atoms with Crippen molar-refractivity contribution in [1.82, 2.24) is 0 Å². The maximum atomic E-state index is 12.0. The normalized spacial score (nSPS) is 54.8. The fourth-order valence-corrected chi connectivity index (χ4v) is 6.56. The summed E-state index contributed by atoms with van der Waals surface area (Å²) in [5.41, 5.74) is 2.16. The van der Waals surface area contributed by atoms with Crippen molar-refractivity contribution in [2.45, 2.75) is 69.5 Å². The summed E-state index contributed by atoms with van der Waals surface area (Å²) in [7, 11) is 0. The van der Waals surface area contributed by atoms with Gasteiger partial charge in [0.05, 0.1) is 6.10 Å². The Hall–Kier alpha value is -1.17. The predicted octanol–water partition coefficient (Wildman–Crippen LogP) is 1.89. The summed E-state index contributed by atoms with van der Waals surface area (Å²) in [5, 5.41) is 11.3. The van der Waals surface area contributed by atoms with E-state index < -0.39 is 17.3 Å². The Bertz CT molecular complexity index is 781. The average molecular weight is 344 g/mol. The standard InChI is InChI=1S/C20H24O5/c1-9(2)19-15(24-19)7-13-18(3)5-4-10-11(8-23-16(10)21)12(18)6-14-20(13,25-14)17(19)22/h7,9,12,14-15,17,22H,4-6,8H2,1-3H3/t12-,14-,15-,17-,18+,19-,20-/m1/s1. The minimum atomic E-state index is -0.607. The number of carbonyl (C=O) groups is 1. The van der Waals surface area contributed by atoms with Gasteiger partial charge >= 0.3 is 5.97 Å². The van der Waals surface area contributed by atoms with E-state index in [-0.39, 0.29) is 35.4 Å². The first-order chi connectivity index (χ1) is 11.9. The number of rotatable bonds is 1. The number of hydrogen-bond acceptors (Lipinski definition) is 5. The molecular weight excluding hydrogens is 320 g/mol. The quantitative estimate of drug-likeness (QED) is 0.447. The topological polar surface area (TPSA) is 71.6 Å². The molecule has 6 rings (SSSR count). The van der Waals surface area contributed by atoms with Crippen LogP contribution in [0.25, 0.3) is 0 Å². The molecule has 1 saturated carbocycles. The fourth-order valence-electron chi connectivity index (χ4n) is 6.56. The molecule has 5 nitrogen and oxygen atoms in total. The van der Waals surface area contributed by atoms with E-state index in [0.717, 1.165) is 24.8 Å². The molecule has 0 aromatic carbocycles. The largest absolute Gasteiger partial charge is 0.458 e. The fraction of sp³-hybridized carbons (Fsp3) is 0.750. The van der Waals surface area contributed by atoms with Crippen LogP contribution in [0.2, 0.25) is 0 Å². The third-order valence-electron chi connectivity index (χ3n) is 8.09. The summed E-state index contributed by atoms with van der Waals surface area (Å²) in [6.07, 6.45) is 4.18. The zero-order valence-corrected chi connectivity index (χ0v) is 14.9. The van der Waals surface area contributed by atoms with E-state index in [0.29, 0.717) is 6.61 Å². The average Bonchev–Trinajstić information content (AvgIpc) is 3.44. The summed E-state index contributed by atoms with van der Waals surface area (Å²) >= 11 is 0. The molecule has 3 heterocycles. The summed E-state index contributed by atoms with van der Waals surface area (Å²) in [6.45, 7) is 6.94. The molecule has 0 radical (unpaired) electrons. The number of aliphatic hydroxyl groups is 1. The molecule has 7 atom stereocenters. The molecule has 0 bridgehead atoms.